The minimum absolute atomic E-state index is 0.557. The Kier molecular flexibility index (Phi) is 6.49. The zero-order valence-electron chi connectivity index (χ0n) is 31.1. The predicted octanol–water partition coefficient (Wildman–Crippen LogP) is 13.7. The first-order valence-electron chi connectivity index (χ1n) is 19.7. The van der Waals surface area contributed by atoms with Crippen molar-refractivity contribution in [2.75, 3.05) is 0 Å². The number of benzene rings is 8. The molecule has 3 aromatic heterocycles. The summed E-state index contributed by atoms with van der Waals surface area (Å²) in [4.78, 5) is 11.0. The summed E-state index contributed by atoms with van der Waals surface area (Å²) in [5, 5.41) is 3.28. The second kappa shape index (κ2) is 11.8. The van der Waals surface area contributed by atoms with Crippen LogP contribution in [0.4, 0.5) is 0 Å². The fraction of sp³-hybridized carbons (Fsp3) is 0.0189. The predicted molar refractivity (Wildman–Crippen MR) is 238 cm³/mol. The molecule has 270 valence electrons. The Balaban J connectivity index is 1.11. The molecule has 58 heavy (non-hydrogen) atoms. The molecule has 1 aliphatic carbocycles. The third-order valence-corrected chi connectivity index (χ3v) is 13.5. The van der Waals surface area contributed by atoms with Crippen molar-refractivity contribution < 1.29 is 4.74 Å². The van der Waals surface area contributed by atoms with Gasteiger partial charge in [-0.15, -0.1) is 11.3 Å². The van der Waals surface area contributed by atoms with Crippen LogP contribution in [0.3, 0.4) is 0 Å². The largest absolute Gasteiger partial charge is 0.456 e. The first-order chi connectivity index (χ1) is 28.8. The Morgan fingerprint density at radius 2 is 1.09 bits per heavy atom. The molecule has 2 aliphatic rings. The van der Waals surface area contributed by atoms with E-state index in [1.165, 1.54) is 38.1 Å². The average molecular weight is 758 g/mol. The number of fused-ring (bicyclic) bond motifs is 16. The monoisotopic (exact) mass is 757 g/mol. The minimum Gasteiger partial charge on any atom is -0.456 e. The molecule has 13 rings (SSSR count). The van der Waals surface area contributed by atoms with Gasteiger partial charge >= 0.3 is 0 Å². The highest BCUT2D eigenvalue weighted by molar-refractivity contribution is 7.26. The fourth-order valence-corrected chi connectivity index (χ4v) is 11.1. The van der Waals surface area contributed by atoms with E-state index in [-0.39, 0.29) is 0 Å². The zero-order valence-corrected chi connectivity index (χ0v) is 31.9. The molecule has 0 saturated heterocycles. The van der Waals surface area contributed by atoms with Gasteiger partial charge in [-0.2, -0.15) is 0 Å². The molecule has 0 radical (unpaired) electrons. The molecule has 1 aliphatic heterocycles. The average Bonchev–Trinajstić information content (AvgIpc) is 3.94. The summed E-state index contributed by atoms with van der Waals surface area (Å²) >= 11 is 1.75. The third-order valence-electron chi connectivity index (χ3n) is 12.3. The van der Waals surface area contributed by atoms with Crippen LogP contribution in [-0.2, 0) is 5.41 Å². The van der Waals surface area contributed by atoms with Gasteiger partial charge in [0.25, 0.3) is 0 Å². The number of hydrogen-bond donors (Lipinski definition) is 0. The number of hydrogen-bond acceptors (Lipinski definition) is 4. The van der Waals surface area contributed by atoms with Gasteiger partial charge in [0.2, 0.25) is 5.95 Å². The van der Waals surface area contributed by atoms with E-state index in [2.05, 4.69) is 193 Å². The lowest BCUT2D eigenvalue weighted by atomic mass is 9.66. The highest BCUT2D eigenvalue weighted by Crippen LogP contribution is 2.63. The molecular weight excluding hydrogens is 727 g/mol. The van der Waals surface area contributed by atoms with E-state index in [9.17, 15) is 0 Å². The molecular formula is C53H31N3OS. The quantitative estimate of drug-likeness (QED) is 0.180. The van der Waals surface area contributed by atoms with Gasteiger partial charge in [-0.3, -0.25) is 4.57 Å². The van der Waals surface area contributed by atoms with Gasteiger partial charge < -0.3 is 4.74 Å². The number of ether oxygens (including phenoxy) is 1. The van der Waals surface area contributed by atoms with E-state index in [0.717, 1.165) is 71.3 Å². The van der Waals surface area contributed by atoms with E-state index in [1.807, 2.05) is 0 Å². The van der Waals surface area contributed by atoms with Crippen LogP contribution in [0, 0.1) is 0 Å². The van der Waals surface area contributed by atoms with Crippen molar-refractivity contribution in [1.29, 1.82) is 0 Å². The van der Waals surface area contributed by atoms with Gasteiger partial charge in [0, 0.05) is 32.2 Å². The third kappa shape index (κ3) is 4.18. The van der Waals surface area contributed by atoms with Crippen LogP contribution >= 0.6 is 11.3 Å². The van der Waals surface area contributed by atoms with Gasteiger partial charge in [-0.05, 0) is 57.6 Å². The smallest absolute Gasteiger partial charge is 0.235 e. The lowest BCUT2D eigenvalue weighted by molar-refractivity contribution is 0.442. The van der Waals surface area contributed by atoms with E-state index in [1.54, 1.807) is 11.3 Å². The molecule has 0 unspecified atom stereocenters. The molecule has 4 nitrogen and oxygen atoms in total. The molecule has 0 N–H and O–H groups in total. The van der Waals surface area contributed by atoms with Crippen molar-refractivity contribution in [3.63, 3.8) is 0 Å². The van der Waals surface area contributed by atoms with E-state index in [4.69, 9.17) is 14.7 Å². The molecule has 0 bridgehead atoms. The van der Waals surface area contributed by atoms with Crippen molar-refractivity contribution in [2.24, 2.45) is 0 Å². The molecule has 8 aromatic carbocycles. The highest BCUT2D eigenvalue weighted by Gasteiger charge is 2.51. The summed E-state index contributed by atoms with van der Waals surface area (Å²) in [7, 11) is 0. The van der Waals surface area contributed by atoms with Gasteiger partial charge in [-0.25, -0.2) is 9.97 Å². The van der Waals surface area contributed by atoms with Crippen LogP contribution in [0.15, 0.2) is 188 Å². The number of rotatable bonds is 3. The summed E-state index contributed by atoms with van der Waals surface area (Å²) in [6, 6.07) is 67.4. The van der Waals surface area contributed by atoms with Crippen molar-refractivity contribution in [3.05, 3.63) is 210 Å². The Hall–Kier alpha value is -7.34. The van der Waals surface area contributed by atoms with Crippen molar-refractivity contribution in [2.45, 2.75) is 5.41 Å². The molecule has 5 heteroatoms. The van der Waals surface area contributed by atoms with Gasteiger partial charge in [0.1, 0.15) is 11.5 Å². The Bertz CT molecular complexity index is 3440. The maximum absolute atomic E-state index is 7.17. The SMILES string of the molecule is c1ccc(-c2ccc(-c3nc(-n4c5ccccc5c5c6c(ccc54)C4(c5ccccc5O6)c5ccccc5-c5ccccc54)nc4c3sc3ccccc34)cc2)cc1. The maximum atomic E-state index is 7.17. The molecule has 0 amide bonds. The zero-order chi connectivity index (χ0) is 38.0. The van der Waals surface area contributed by atoms with Crippen molar-refractivity contribution >= 4 is 53.4 Å². The first-order valence-corrected chi connectivity index (χ1v) is 20.5. The molecule has 11 aromatic rings. The molecule has 0 saturated carbocycles. The topological polar surface area (TPSA) is 39.9 Å². The number of aromatic nitrogens is 3. The second-order valence-electron chi connectivity index (χ2n) is 15.2. The summed E-state index contributed by atoms with van der Waals surface area (Å²) in [5.41, 5.74) is 14.1. The Morgan fingerprint density at radius 3 is 1.88 bits per heavy atom. The summed E-state index contributed by atoms with van der Waals surface area (Å²) in [6.45, 7) is 0. The minimum atomic E-state index is -0.557. The van der Waals surface area contributed by atoms with Gasteiger partial charge in [0.15, 0.2) is 0 Å². The summed E-state index contributed by atoms with van der Waals surface area (Å²) in [6.07, 6.45) is 0. The van der Waals surface area contributed by atoms with Crippen molar-refractivity contribution in [1.82, 2.24) is 14.5 Å². The molecule has 0 fully saturated rings. The van der Waals surface area contributed by atoms with Crippen LogP contribution in [0.2, 0.25) is 0 Å². The normalized spacial score (nSPS) is 13.4. The maximum Gasteiger partial charge on any atom is 0.235 e. The van der Waals surface area contributed by atoms with Crippen LogP contribution < -0.4 is 4.74 Å². The molecule has 4 heterocycles. The van der Waals surface area contributed by atoms with Crippen LogP contribution in [0.25, 0.3) is 81.6 Å². The summed E-state index contributed by atoms with van der Waals surface area (Å²) < 4.78 is 11.7. The van der Waals surface area contributed by atoms with Crippen LogP contribution in [0.5, 0.6) is 11.5 Å². The highest BCUT2D eigenvalue weighted by atomic mass is 32.1. The number of thiophene rings is 1. The van der Waals surface area contributed by atoms with Gasteiger partial charge in [0.05, 0.1) is 37.7 Å². The Labute approximate surface area is 337 Å². The second-order valence-corrected chi connectivity index (χ2v) is 16.3. The summed E-state index contributed by atoms with van der Waals surface area (Å²) in [5.74, 6) is 2.37. The fourth-order valence-electron chi connectivity index (χ4n) is 9.91. The molecule has 1 spiro atoms. The lowest BCUT2D eigenvalue weighted by Gasteiger charge is -2.39. The van der Waals surface area contributed by atoms with Crippen LogP contribution in [0.1, 0.15) is 22.3 Å². The lowest BCUT2D eigenvalue weighted by Crippen LogP contribution is -2.32. The standard InChI is InChI=1S/C53H31N3OS/c1-2-14-32(15-3-1)33-26-28-34(29-27-33)48-51-49(38-19-7-13-25-46(38)58-51)55-52(54-48)56-43-23-11-6-18-37(43)47-44(56)31-30-42-50(47)57-45-24-12-10-22-41(45)53(42)39-20-8-4-16-35(39)36-17-5-9-21-40(36)53/h1-31H. The van der Waals surface area contributed by atoms with Gasteiger partial charge in [-0.1, -0.05) is 164 Å². The van der Waals surface area contributed by atoms with Crippen molar-refractivity contribution in [3.8, 4) is 51.0 Å². The number of nitrogens with zero attached hydrogens (tertiary/aromatic N) is 3. The molecule has 0 atom stereocenters. The van der Waals surface area contributed by atoms with E-state index < -0.39 is 5.41 Å². The number of para-hydroxylation sites is 2. The first kappa shape index (κ1) is 31.8. The van der Waals surface area contributed by atoms with E-state index in [0.29, 0.717) is 5.95 Å². The van der Waals surface area contributed by atoms with E-state index >= 15 is 0 Å². The van der Waals surface area contributed by atoms with Crippen LogP contribution in [-0.4, -0.2) is 14.5 Å². The Morgan fingerprint density at radius 1 is 0.466 bits per heavy atom.